The lowest BCUT2D eigenvalue weighted by molar-refractivity contribution is -0.119. The van der Waals surface area contributed by atoms with Gasteiger partial charge in [-0.3, -0.25) is 9.59 Å². The Labute approximate surface area is 164 Å². The average molecular weight is 405 g/mol. The molecule has 1 aromatic heterocycles. The number of rotatable bonds is 6. The van der Waals surface area contributed by atoms with E-state index < -0.39 is 15.6 Å². The van der Waals surface area contributed by atoms with Crippen molar-refractivity contribution in [2.75, 3.05) is 37.7 Å². The molecule has 1 saturated heterocycles. The lowest BCUT2D eigenvalue weighted by atomic mass is 10.3. The zero-order chi connectivity index (χ0) is 20.1. The first-order valence-corrected chi connectivity index (χ1v) is 10.5. The first-order valence-electron chi connectivity index (χ1n) is 9.08. The summed E-state index contributed by atoms with van der Waals surface area (Å²) < 4.78 is 33.2. The van der Waals surface area contributed by atoms with Crippen molar-refractivity contribution in [2.24, 2.45) is 0 Å². The Bertz CT molecular complexity index is 982. The molecule has 0 aliphatic carbocycles. The summed E-state index contributed by atoms with van der Waals surface area (Å²) in [6, 6.07) is 11.9. The molecular weight excluding hydrogens is 382 g/mol. The molecule has 8 nitrogen and oxygen atoms in total. The molecule has 0 N–H and O–H groups in total. The van der Waals surface area contributed by atoms with Crippen LogP contribution in [0.4, 0.5) is 5.69 Å². The molecule has 2 heterocycles. The number of nitrogens with zero attached hydrogens (tertiary/aromatic N) is 3. The van der Waals surface area contributed by atoms with Gasteiger partial charge in [0.2, 0.25) is 15.9 Å². The highest BCUT2D eigenvalue weighted by Gasteiger charge is 2.29. The van der Waals surface area contributed by atoms with E-state index >= 15 is 0 Å². The van der Waals surface area contributed by atoms with E-state index in [-0.39, 0.29) is 30.4 Å². The number of hydrogen-bond donors (Lipinski definition) is 0. The molecule has 0 unspecified atom stereocenters. The predicted octanol–water partition coefficient (Wildman–Crippen LogP) is 0.922. The average Bonchev–Trinajstić information content (AvgIpc) is 2.71. The Hall–Kier alpha value is -2.49. The van der Waals surface area contributed by atoms with E-state index in [0.29, 0.717) is 19.8 Å². The molecule has 0 spiro atoms. The van der Waals surface area contributed by atoms with Crippen LogP contribution in [-0.4, -0.2) is 56.0 Å². The summed E-state index contributed by atoms with van der Waals surface area (Å²) in [5.41, 5.74) is 0.0200. The molecule has 2 aromatic rings. The number of carbonyl (C=O) groups is 1. The number of anilines is 1. The van der Waals surface area contributed by atoms with Crippen LogP contribution >= 0.6 is 0 Å². The lowest BCUT2D eigenvalue weighted by Crippen LogP contribution is -2.43. The molecule has 3 rings (SSSR count). The Kier molecular flexibility index (Phi) is 6.28. The van der Waals surface area contributed by atoms with E-state index in [0.717, 1.165) is 10.3 Å². The van der Waals surface area contributed by atoms with Crippen LogP contribution in [0.2, 0.25) is 0 Å². The highest BCUT2D eigenvalue weighted by atomic mass is 32.2. The van der Waals surface area contributed by atoms with Gasteiger partial charge in [-0.2, -0.15) is 4.31 Å². The summed E-state index contributed by atoms with van der Waals surface area (Å²) in [6.07, 6.45) is 1.43. The van der Waals surface area contributed by atoms with Gasteiger partial charge >= 0.3 is 0 Å². The second kappa shape index (κ2) is 8.68. The standard InChI is InChI=1S/C19H23N3O5S/c1-2-22(16-7-4-3-5-8-16)18(23)15-20-10-6-9-17(19(20)24)28(25,26)21-11-13-27-14-12-21/h3-10H,2,11-15H2,1H3. The van der Waals surface area contributed by atoms with E-state index in [1.165, 1.54) is 22.6 Å². The van der Waals surface area contributed by atoms with Gasteiger partial charge in [-0.1, -0.05) is 18.2 Å². The predicted molar refractivity (Wildman–Crippen MR) is 105 cm³/mol. The Balaban J connectivity index is 1.87. The number of para-hydroxylation sites is 1. The van der Waals surface area contributed by atoms with Crippen LogP contribution in [0.15, 0.2) is 58.4 Å². The normalized spacial score (nSPS) is 15.3. The summed E-state index contributed by atoms with van der Waals surface area (Å²) in [5, 5.41) is 0. The third kappa shape index (κ3) is 4.16. The fourth-order valence-corrected chi connectivity index (χ4v) is 4.60. The first-order chi connectivity index (χ1) is 13.4. The minimum absolute atomic E-state index is 0.202. The topological polar surface area (TPSA) is 88.9 Å². The highest BCUT2D eigenvalue weighted by Crippen LogP contribution is 2.15. The SMILES string of the molecule is CCN(C(=O)Cn1cccc(S(=O)(=O)N2CCOCC2)c1=O)c1ccccc1. The molecule has 9 heteroatoms. The minimum atomic E-state index is -3.93. The van der Waals surface area contributed by atoms with Crippen molar-refractivity contribution < 1.29 is 17.9 Å². The van der Waals surface area contributed by atoms with Gasteiger partial charge in [-0.15, -0.1) is 0 Å². The van der Waals surface area contributed by atoms with Gasteiger partial charge in [-0.05, 0) is 31.2 Å². The second-order valence-electron chi connectivity index (χ2n) is 6.30. The third-order valence-corrected chi connectivity index (χ3v) is 6.48. The summed E-state index contributed by atoms with van der Waals surface area (Å²) in [6.45, 7) is 3.02. The van der Waals surface area contributed by atoms with Crippen molar-refractivity contribution in [2.45, 2.75) is 18.4 Å². The van der Waals surface area contributed by atoms with Crippen molar-refractivity contribution in [1.82, 2.24) is 8.87 Å². The van der Waals surface area contributed by atoms with Crippen LogP contribution in [0.1, 0.15) is 6.92 Å². The van der Waals surface area contributed by atoms with Gasteiger partial charge in [0, 0.05) is 31.5 Å². The molecule has 1 aromatic carbocycles. The van der Waals surface area contributed by atoms with Crippen LogP contribution in [0, 0.1) is 0 Å². The highest BCUT2D eigenvalue weighted by molar-refractivity contribution is 7.89. The second-order valence-corrected chi connectivity index (χ2v) is 8.20. The maximum atomic E-state index is 12.8. The van der Waals surface area contributed by atoms with Crippen molar-refractivity contribution in [1.29, 1.82) is 0 Å². The monoisotopic (exact) mass is 405 g/mol. The van der Waals surface area contributed by atoms with Crippen LogP contribution in [0.25, 0.3) is 0 Å². The number of likely N-dealkylation sites (N-methyl/N-ethyl adjacent to an activating group) is 1. The van der Waals surface area contributed by atoms with Crippen molar-refractivity contribution in [3.05, 3.63) is 59.0 Å². The zero-order valence-corrected chi connectivity index (χ0v) is 16.5. The molecule has 1 aliphatic heterocycles. The van der Waals surface area contributed by atoms with Gasteiger partial charge in [-0.25, -0.2) is 8.42 Å². The molecule has 0 atom stereocenters. The summed E-state index contributed by atoms with van der Waals surface area (Å²) in [4.78, 5) is 26.8. The van der Waals surface area contributed by atoms with Crippen molar-refractivity contribution >= 4 is 21.6 Å². The number of morpholine rings is 1. The third-order valence-electron chi connectivity index (χ3n) is 4.56. The maximum absolute atomic E-state index is 12.8. The van der Waals surface area contributed by atoms with Crippen molar-refractivity contribution in [3.8, 4) is 0 Å². The number of sulfonamides is 1. The van der Waals surface area contributed by atoms with Gasteiger partial charge in [0.15, 0.2) is 0 Å². The maximum Gasteiger partial charge on any atom is 0.271 e. The summed E-state index contributed by atoms with van der Waals surface area (Å²) in [5.74, 6) is -0.295. The van der Waals surface area contributed by atoms with E-state index in [9.17, 15) is 18.0 Å². The molecule has 1 amide bonds. The van der Waals surface area contributed by atoms with E-state index in [2.05, 4.69) is 0 Å². The van der Waals surface area contributed by atoms with E-state index in [1.54, 1.807) is 4.90 Å². The van der Waals surface area contributed by atoms with Crippen LogP contribution < -0.4 is 10.5 Å². The Morgan fingerprint density at radius 2 is 1.79 bits per heavy atom. The lowest BCUT2D eigenvalue weighted by Gasteiger charge is -2.26. The molecular formula is C19H23N3O5S. The Morgan fingerprint density at radius 1 is 1.11 bits per heavy atom. The van der Waals surface area contributed by atoms with E-state index in [4.69, 9.17) is 4.74 Å². The Morgan fingerprint density at radius 3 is 2.43 bits per heavy atom. The molecule has 28 heavy (non-hydrogen) atoms. The van der Waals surface area contributed by atoms with Crippen LogP contribution in [-0.2, 0) is 26.1 Å². The number of aromatic nitrogens is 1. The summed E-state index contributed by atoms with van der Waals surface area (Å²) in [7, 11) is -3.93. The first kappa shape index (κ1) is 20.2. The number of ether oxygens (including phenoxy) is 1. The van der Waals surface area contributed by atoms with Gasteiger partial charge < -0.3 is 14.2 Å². The molecule has 1 aliphatic rings. The smallest absolute Gasteiger partial charge is 0.271 e. The number of carbonyl (C=O) groups excluding carboxylic acids is 1. The van der Waals surface area contributed by atoms with Crippen LogP contribution in [0.3, 0.4) is 0 Å². The minimum Gasteiger partial charge on any atom is -0.379 e. The molecule has 1 fully saturated rings. The van der Waals surface area contributed by atoms with Gasteiger partial charge in [0.1, 0.15) is 11.4 Å². The molecule has 0 bridgehead atoms. The summed E-state index contributed by atoms with van der Waals surface area (Å²) >= 11 is 0. The largest absolute Gasteiger partial charge is 0.379 e. The quantitative estimate of drug-likeness (QED) is 0.713. The fraction of sp³-hybridized carbons (Fsp3) is 0.368. The molecule has 0 radical (unpaired) electrons. The number of amides is 1. The zero-order valence-electron chi connectivity index (χ0n) is 15.7. The molecule has 150 valence electrons. The molecule has 0 saturated carbocycles. The number of hydrogen-bond acceptors (Lipinski definition) is 5. The van der Waals surface area contributed by atoms with Gasteiger partial charge in [0.25, 0.3) is 5.56 Å². The van der Waals surface area contributed by atoms with Crippen LogP contribution in [0.5, 0.6) is 0 Å². The fourth-order valence-electron chi connectivity index (χ4n) is 3.10. The van der Waals surface area contributed by atoms with Gasteiger partial charge in [0.05, 0.1) is 13.2 Å². The van der Waals surface area contributed by atoms with E-state index in [1.807, 2.05) is 37.3 Å². The number of pyridine rings is 1. The number of benzene rings is 1. The van der Waals surface area contributed by atoms with Crippen molar-refractivity contribution in [3.63, 3.8) is 0 Å².